The second kappa shape index (κ2) is 7.79. The Balaban J connectivity index is 2.36. The molecule has 2 rings (SSSR count). The van der Waals surface area contributed by atoms with Crippen molar-refractivity contribution in [2.75, 3.05) is 6.61 Å². The van der Waals surface area contributed by atoms with Gasteiger partial charge in [0.25, 0.3) is 0 Å². The normalized spacial score (nSPS) is 10.7. The lowest BCUT2D eigenvalue weighted by atomic mass is 10.00. The Morgan fingerprint density at radius 3 is 2.58 bits per heavy atom. The first-order valence-corrected chi connectivity index (χ1v) is 7.87. The fraction of sp³-hybridized carbons (Fsp3) is 0.250. The minimum Gasteiger partial charge on any atom is -0.481 e. The fourth-order valence-corrected chi connectivity index (χ4v) is 2.29. The Morgan fingerprint density at radius 2 is 1.96 bits per heavy atom. The van der Waals surface area contributed by atoms with Crippen molar-refractivity contribution in [1.82, 2.24) is 0 Å². The van der Waals surface area contributed by atoms with Crippen molar-refractivity contribution >= 4 is 12.3 Å². The van der Waals surface area contributed by atoms with E-state index in [2.05, 4.69) is 0 Å². The Labute approximate surface area is 151 Å². The number of aldehydes is 1. The van der Waals surface area contributed by atoms with Crippen LogP contribution < -0.4 is 4.74 Å². The highest BCUT2D eigenvalue weighted by atomic mass is 19.1. The molecule has 2 aromatic rings. The van der Waals surface area contributed by atoms with Gasteiger partial charge in [-0.3, -0.25) is 4.79 Å². The highest BCUT2D eigenvalue weighted by Gasteiger charge is 2.18. The van der Waals surface area contributed by atoms with E-state index >= 15 is 0 Å². The van der Waals surface area contributed by atoms with Crippen molar-refractivity contribution in [3.8, 4) is 22.9 Å². The van der Waals surface area contributed by atoms with Gasteiger partial charge in [0.05, 0.1) is 11.6 Å². The second-order valence-electron chi connectivity index (χ2n) is 6.59. The van der Waals surface area contributed by atoms with E-state index in [1.807, 2.05) is 6.07 Å². The van der Waals surface area contributed by atoms with Crippen LogP contribution in [0.25, 0.3) is 11.1 Å². The van der Waals surface area contributed by atoms with Crippen LogP contribution in [0.15, 0.2) is 36.4 Å². The van der Waals surface area contributed by atoms with E-state index in [1.165, 1.54) is 30.3 Å². The number of esters is 1. The number of hydrogen-bond acceptors (Lipinski definition) is 5. The summed E-state index contributed by atoms with van der Waals surface area (Å²) in [5.74, 6) is -0.871. The van der Waals surface area contributed by atoms with Crippen LogP contribution in [0.4, 0.5) is 4.39 Å². The summed E-state index contributed by atoms with van der Waals surface area (Å²) in [4.78, 5) is 22.9. The zero-order valence-corrected chi connectivity index (χ0v) is 14.7. The molecule has 0 N–H and O–H groups in total. The number of benzene rings is 2. The van der Waals surface area contributed by atoms with Gasteiger partial charge >= 0.3 is 5.97 Å². The molecule has 0 aromatic heterocycles. The van der Waals surface area contributed by atoms with Crippen molar-refractivity contribution in [1.29, 1.82) is 5.26 Å². The summed E-state index contributed by atoms with van der Waals surface area (Å²) < 4.78 is 24.5. The van der Waals surface area contributed by atoms with Crippen LogP contribution in [0.3, 0.4) is 0 Å². The lowest BCUT2D eigenvalue weighted by molar-refractivity contribution is -0.157. The molecule has 26 heavy (non-hydrogen) atoms. The first kappa shape index (κ1) is 19.1. The Morgan fingerprint density at radius 1 is 1.23 bits per heavy atom. The Bertz CT molecular complexity index is 878. The van der Waals surface area contributed by atoms with Crippen molar-refractivity contribution < 1.29 is 23.5 Å². The second-order valence-corrected chi connectivity index (χ2v) is 6.59. The smallest absolute Gasteiger partial charge is 0.344 e. The molecule has 0 bridgehead atoms. The summed E-state index contributed by atoms with van der Waals surface area (Å²) in [6.45, 7) is 4.88. The number of nitrogens with zero attached hydrogens (tertiary/aromatic N) is 1. The molecule has 0 spiro atoms. The van der Waals surface area contributed by atoms with E-state index in [0.29, 0.717) is 23.0 Å². The van der Waals surface area contributed by atoms with Crippen LogP contribution >= 0.6 is 0 Å². The van der Waals surface area contributed by atoms with Crippen molar-refractivity contribution in [2.45, 2.75) is 26.4 Å². The van der Waals surface area contributed by atoms with E-state index in [9.17, 15) is 14.0 Å². The molecule has 0 unspecified atom stereocenters. The minimum atomic E-state index is -0.644. The average Bonchev–Trinajstić information content (AvgIpc) is 2.57. The standard InChI is InChI=1S/C20H18FNO4/c1-20(2,3)26-19(24)12-25-18-5-4-13(11-23)8-17(18)15-6-14(10-22)7-16(21)9-15/h4-9,11H,12H2,1-3H3. The van der Waals surface area contributed by atoms with Crippen LogP contribution in [0.1, 0.15) is 36.7 Å². The predicted molar refractivity (Wildman–Crippen MR) is 93.3 cm³/mol. The summed E-state index contributed by atoms with van der Waals surface area (Å²) >= 11 is 0. The molecule has 0 fully saturated rings. The molecule has 0 saturated carbocycles. The number of carbonyl (C=O) groups excluding carboxylic acids is 2. The molecular weight excluding hydrogens is 337 g/mol. The molecule has 0 atom stereocenters. The van der Waals surface area contributed by atoms with E-state index in [4.69, 9.17) is 14.7 Å². The van der Waals surface area contributed by atoms with Gasteiger partial charge in [0.2, 0.25) is 0 Å². The summed E-state index contributed by atoms with van der Waals surface area (Å²) in [5.41, 5.74) is 0.607. The van der Waals surface area contributed by atoms with Crippen LogP contribution in [0.5, 0.6) is 5.75 Å². The lowest BCUT2D eigenvalue weighted by Crippen LogP contribution is -2.27. The van der Waals surface area contributed by atoms with Gasteiger partial charge in [-0.15, -0.1) is 0 Å². The summed E-state index contributed by atoms with van der Waals surface area (Å²) in [7, 11) is 0. The molecular formula is C20H18FNO4. The average molecular weight is 355 g/mol. The topological polar surface area (TPSA) is 76.4 Å². The van der Waals surface area contributed by atoms with Crippen molar-refractivity contribution in [2.24, 2.45) is 0 Å². The molecule has 0 aliphatic rings. The highest BCUT2D eigenvalue weighted by Crippen LogP contribution is 2.32. The number of halogens is 1. The van der Waals surface area contributed by atoms with Crippen LogP contribution in [0, 0.1) is 17.1 Å². The molecule has 6 heteroatoms. The maximum Gasteiger partial charge on any atom is 0.344 e. The molecule has 0 saturated heterocycles. The summed E-state index contributed by atoms with van der Waals surface area (Å²) in [6.07, 6.45) is 0.644. The third-order valence-electron chi connectivity index (χ3n) is 3.24. The summed E-state index contributed by atoms with van der Waals surface area (Å²) in [6, 6.07) is 10.2. The van der Waals surface area contributed by atoms with E-state index in [-0.39, 0.29) is 17.9 Å². The highest BCUT2D eigenvalue weighted by molar-refractivity contribution is 5.82. The molecule has 0 aliphatic heterocycles. The molecule has 0 amide bonds. The fourth-order valence-electron chi connectivity index (χ4n) is 2.29. The summed E-state index contributed by atoms with van der Waals surface area (Å²) in [5, 5.41) is 9.02. The van der Waals surface area contributed by atoms with Crippen LogP contribution in [-0.4, -0.2) is 24.5 Å². The maximum atomic E-state index is 13.8. The number of carbonyl (C=O) groups is 2. The number of nitriles is 1. The molecule has 5 nitrogen and oxygen atoms in total. The number of rotatable bonds is 5. The molecule has 0 heterocycles. The van der Waals surface area contributed by atoms with Gasteiger partial charge in [-0.2, -0.15) is 5.26 Å². The third-order valence-corrected chi connectivity index (χ3v) is 3.24. The molecule has 134 valence electrons. The first-order chi connectivity index (χ1) is 12.2. The van der Waals surface area contributed by atoms with Gasteiger partial charge in [0.1, 0.15) is 23.5 Å². The third kappa shape index (κ3) is 5.15. The lowest BCUT2D eigenvalue weighted by Gasteiger charge is -2.20. The van der Waals surface area contributed by atoms with Gasteiger partial charge in [0.15, 0.2) is 6.61 Å². The van der Waals surface area contributed by atoms with Crippen molar-refractivity contribution in [3.63, 3.8) is 0 Å². The molecule has 0 radical (unpaired) electrons. The van der Waals surface area contributed by atoms with Crippen LogP contribution in [0.2, 0.25) is 0 Å². The Hall–Kier alpha value is -3.20. The predicted octanol–water partition coefficient (Wildman–Crippen LogP) is 3.90. The zero-order chi connectivity index (χ0) is 19.3. The maximum absolute atomic E-state index is 13.8. The number of hydrogen-bond donors (Lipinski definition) is 0. The van der Waals surface area contributed by atoms with Crippen LogP contribution in [-0.2, 0) is 9.53 Å². The molecule has 2 aromatic carbocycles. The first-order valence-electron chi connectivity index (χ1n) is 7.87. The zero-order valence-electron chi connectivity index (χ0n) is 14.7. The van der Waals surface area contributed by atoms with Gasteiger partial charge in [-0.25, -0.2) is 9.18 Å². The quantitative estimate of drug-likeness (QED) is 0.600. The van der Waals surface area contributed by atoms with Gasteiger partial charge < -0.3 is 9.47 Å². The van der Waals surface area contributed by atoms with E-state index in [0.717, 1.165) is 6.07 Å². The van der Waals surface area contributed by atoms with Gasteiger partial charge in [0, 0.05) is 11.1 Å². The van der Waals surface area contributed by atoms with E-state index in [1.54, 1.807) is 20.8 Å². The minimum absolute atomic E-state index is 0.134. The van der Waals surface area contributed by atoms with Gasteiger partial charge in [-0.05, 0) is 62.7 Å². The van der Waals surface area contributed by atoms with Crippen molar-refractivity contribution in [3.05, 3.63) is 53.3 Å². The Kier molecular flexibility index (Phi) is 5.73. The van der Waals surface area contributed by atoms with E-state index < -0.39 is 17.4 Å². The van der Waals surface area contributed by atoms with Gasteiger partial charge in [-0.1, -0.05) is 0 Å². The molecule has 0 aliphatic carbocycles. The SMILES string of the molecule is CC(C)(C)OC(=O)COc1ccc(C=O)cc1-c1cc(F)cc(C#N)c1. The largest absolute Gasteiger partial charge is 0.481 e. The number of ether oxygens (including phenoxy) is 2. The monoisotopic (exact) mass is 355 g/mol.